The third kappa shape index (κ3) is 9.52. The fraction of sp³-hybridized carbons (Fsp3) is 0.650. The molecule has 168 valence electrons. The van der Waals surface area contributed by atoms with Crippen LogP contribution in [-0.2, 0) is 16.6 Å². The Kier molecular flexibility index (Phi) is 13.5. The quantitative estimate of drug-likeness (QED) is 0.256. The number of aliphatic imine (C=N–C) groups is 1. The van der Waals surface area contributed by atoms with Crippen molar-refractivity contribution in [2.45, 2.75) is 53.7 Å². The minimum Gasteiger partial charge on any atom is -0.490 e. The van der Waals surface area contributed by atoms with Gasteiger partial charge in [-0.05, 0) is 31.9 Å². The van der Waals surface area contributed by atoms with Crippen LogP contribution in [0.1, 0.15) is 45.2 Å². The van der Waals surface area contributed by atoms with E-state index in [-0.39, 0.29) is 35.8 Å². The number of benzene rings is 1. The lowest BCUT2D eigenvalue weighted by Crippen LogP contribution is -2.41. The molecule has 7 nitrogen and oxygen atoms in total. The topological polar surface area (TPSA) is 83.0 Å². The Labute approximate surface area is 193 Å². The highest BCUT2D eigenvalue weighted by Gasteiger charge is 2.18. The number of hydrogen-bond donors (Lipinski definition) is 2. The standard InChI is InChI=1S/C20H36N4O3S.HI/c1-7-17(5)27-19-14-16(4)10-11-18(19)15-23-20(21-6)22-12-13-28(25,26)24(8-2)9-3;/h10-11,14,17H,7-9,12-13,15H2,1-6H3,(H2,21,22,23);1H. The first kappa shape index (κ1) is 27.9. The van der Waals surface area contributed by atoms with Crippen molar-refractivity contribution in [1.29, 1.82) is 0 Å². The molecule has 1 unspecified atom stereocenters. The average molecular weight is 541 g/mol. The fourth-order valence-corrected chi connectivity index (χ4v) is 4.07. The van der Waals surface area contributed by atoms with E-state index >= 15 is 0 Å². The molecule has 29 heavy (non-hydrogen) atoms. The molecule has 0 saturated heterocycles. The molecule has 0 aliphatic heterocycles. The zero-order chi connectivity index (χ0) is 21.2. The number of rotatable bonds is 11. The van der Waals surface area contributed by atoms with Gasteiger partial charge in [-0.25, -0.2) is 12.7 Å². The van der Waals surface area contributed by atoms with E-state index in [4.69, 9.17) is 4.74 Å². The monoisotopic (exact) mass is 540 g/mol. The van der Waals surface area contributed by atoms with Crippen LogP contribution >= 0.6 is 24.0 Å². The van der Waals surface area contributed by atoms with E-state index in [0.29, 0.717) is 32.1 Å². The number of guanidine groups is 1. The Hall–Kier alpha value is -1.07. The molecule has 0 amide bonds. The Morgan fingerprint density at radius 2 is 1.86 bits per heavy atom. The van der Waals surface area contributed by atoms with Gasteiger partial charge in [-0.3, -0.25) is 4.99 Å². The molecule has 0 radical (unpaired) electrons. The Morgan fingerprint density at radius 3 is 2.41 bits per heavy atom. The van der Waals surface area contributed by atoms with E-state index in [1.165, 1.54) is 4.31 Å². The van der Waals surface area contributed by atoms with Gasteiger partial charge in [-0.15, -0.1) is 24.0 Å². The number of aryl methyl sites for hydroxylation is 1. The van der Waals surface area contributed by atoms with Crippen molar-refractivity contribution in [2.75, 3.05) is 32.4 Å². The Balaban J connectivity index is 0.00000784. The highest BCUT2D eigenvalue weighted by atomic mass is 127. The summed E-state index contributed by atoms with van der Waals surface area (Å²) >= 11 is 0. The van der Waals surface area contributed by atoms with Crippen LogP contribution in [0.5, 0.6) is 5.75 Å². The van der Waals surface area contributed by atoms with Gasteiger partial charge < -0.3 is 15.4 Å². The molecule has 0 aromatic heterocycles. The number of sulfonamides is 1. The normalized spacial score (nSPS) is 13.0. The molecule has 2 N–H and O–H groups in total. The van der Waals surface area contributed by atoms with E-state index in [9.17, 15) is 8.42 Å². The smallest absolute Gasteiger partial charge is 0.215 e. The first-order valence-corrected chi connectivity index (χ1v) is 11.6. The summed E-state index contributed by atoms with van der Waals surface area (Å²) in [4.78, 5) is 4.18. The summed E-state index contributed by atoms with van der Waals surface area (Å²) < 4.78 is 32.0. The van der Waals surface area contributed by atoms with Crippen molar-refractivity contribution >= 4 is 40.0 Å². The van der Waals surface area contributed by atoms with E-state index in [1.807, 2.05) is 39.0 Å². The average Bonchev–Trinajstić information content (AvgIpc) is 2.66. The summed E-state index contributed by atoms with van der Waals surface area (Å²) in [5, 5.41) is 6.30. The number of ether oxygens (including phenoxy) is 1. The van der Waals surface area contributed by atoms with Crippen LogP contribution in [0, 0.1) is 6.92 Å². The Bertz CT molecular complexity index is 737. The third-order valence-electron chi connectivity index (χ3n) is 4.55. The molecule has 0 heterocycles. The van der Waals surface area contributed by atoms with Crippen LogP contribution in [0.3, 0.4) is 0 Å². The number of nitrogens with one attached hydrogen (secondary N) is 2. The summed E-state index contributed by atoms with van der Waals surface area (Å²) in [6.07, 6.45) is 1.08. The molecule has 0 spiro atoms. The first-order valence-electron chi connectivity index (χ1n) is 9.95. The van der Waals surface area contributed by atoms with Crippen LogP contribution < -0.4 is 15.4 Å². The maximum Gasteiger partial charge on any atom is 0.215 e. The lowest BCUT2D eigenvalue weighted by Gasteiger charge is -2.20. The number of hydrogen-bond acceptors (Lipinski definition) is 4. The zero-order valence-electron chi connectivity index (χ0n) is 18.5. The van der Waals surface area contributed by atoms with Crippen molar-refractivity contribution in [3.05, 3.63) is 29.3 Å². The molecule has 1 aromatic rings. The summed E-state index contributed by atoms with van der Waals surface area (Å²) in [6.45, 7) is 11.7. The minimum absolute atomic E-state index is 0. The second kappa shape index (κ2) is 14.0. The van der Waals surface area contributed by atoms with Gasteiger partial charge in [0.2, 0.25) is 10.0 Å². The van der Waals surface area contributed by atoms with Crippen LogP contribution in [0.4, 0.5) is 0 Å². The van der Waals surface area contributed by atoms with Crippen LogP contribution in [0.25, 0.3) is 0 Å². The van der Waals surface area contributed by atoms with Crippen molar-refractivity contribution in [2.24, 2.45) is 4.99 Å². The van der Waals surface area contributed by atoms with E-state index in [2.05, 4.69) is 29.5 Å². The largest absolute Gasteiger partial charge is 0.490 e. The molecule has 0 bridgehead atoms. The summed E-state index contributed by atoms with van der Waals surface area (Å²) in [5.74, 6) is 1.45. The van der Waals surface area contributed by atoms with Gasteiger partial charge in [0.15, 0.2) is 5.96 Å². The van der Waals surface area contributed by atoms with Gasteiger partial charge in [-0.2, -0.15) is 0 Å². The summed E-state index contributed by atoms with van der Waals surface area (Å²) in [6, 6.07) is 6.13. The minimum atomic E-state index is -3.25. The summed E-state index contributed by atoms with van der Waals surface area (Å²) in [5.41, 5.74) is 2.18. The van der Waals surface area contributed by atoms with Gasteiger partial charge >= 0.3 is 0 Å². The van der Waals surface area contributed by atoms with E-state index in [1.54, 1.807) is 7.05 Å². The molecular formula is C20H37IN4O3S. The predicted molar refractivity (Wildman–Crippen MR) is 132 cm³/mol. The molecule has 1 rings (SSSR count). The molecule has 0 aliphatic rings. The second-order valence-electron chi connectivity index (χ2n) is 6.70. The SMILES string of the molecule is CCC(C)Oc1cc(C)ccc1CNC(=NC)NCCS(=O)(=O)N(CC)CC.I. The number of nitrogens with zero attached hydrogens (tertiary/aromatic N) is 2. The van der Waals surface area contributed by atoms with Crippen LogP contribution in [0.15, 0.2) is 23.2 Å². The number of halogens is 1. The van der Waals surface area contributed by atoms with Crippen molar-refractivity contribution < 1.29 is 13.2 Å². The zero-order valence-corrected chi connectivity index (χ0v) is 21.6. The second-order valence-corrected chi connectivity index (χ2v) is 8.79. The van der Waals surface area contributed by atoms with Crippen LogP contribution in [0.2, 0.25) is 0 Å². The van der Waals surface area contributed by atoms with Crippen molar-refractivity contribution in [3.8, 4) is 5.75 Å². The molecule has 9 heteroatoms. The highest BCUT2D eigenvalue weighted by molar-refractivity contribution is 14.0. The molecule has 0 saturated carbocycles. The molecule has 1 atom stereocenters. The van der Waals surface area contributed by atoms with Gasteiger partial charge in [0.05, 0.1) is 11.9 Å². The van der Waals surface area contributed by atoms with Gasteiger partial charge in [0.1, 0.15) is 5.75 Å². The molecule has 0 aliphatic carbocycles. The third-order valence-corrected chi connectivity index (χ3v) is 6.57. The van der Waals surface area contributed by atoms with Gasteiger partial charge in [0.25, 0.3) is 0 Å². The van der Waals surface area contributed by atoms with Gasteiger partial charge in [-0.1, -0.05) is 32.9 Å². The van der Waals surface area contributed by atoms with E-state index < -0.39 is 10.0 Å². The van der Waals surface area contributed by atoms with Crippen molar-refractivity contribution in [3.63, 3.8) is 0 Å². The lowest BCUT2D eigenvalue weighted by molar-refractivity contribution is 0.215. The maximum atomic E-state index is 12.3. The highest BCUT2D eigenvalue weighted by Crippen LogP contribution is 2.22. The van der Waals surface area contributed by atoms with Gasteiger partial charge in [0, 0.05) is 38.8 Å². The lowest BCUT2D eigenvalue weighted by atomic mass is 10.1. The molecular weight excluding hydrogens is 503 g/mol. The summed E-state index contributed by atoms with van der Waals surface area (Å²) in [7, 11) is -1.59. The predicted octanol–water partition coefficient (Wildman–Crippen LogP) is 3.13. The maximum absolute atomic E-state index is 12.3. The molecule has 1 aromatic carbocycles. The first-order chi connectivity index (χ1) is 13.3. The fourth-order valence-electron chi connectivity index (χ4n) is 2.66. The van der Waals surface area contributed by atoms with E-state index in [0.717, 1.165) is 23.3 Å². The Morgan fingerprint density at radius 1 is 1.21 bits per heavy atom. The molecule has 0 fully saturated rings. The van der Waals surface area contributed by atoms with Crippen molar-refractivity contribution in [1.82, 2.24) is 14.9 Å². The van der Waals surface area contributed by atoms with Crippen LogP contribution in [-0.4, -0.2) is 57.2 Å².